The van der Waals surface area contributed by atoms with Crippen LogP contribution in [0.4, 0.5) is 0 Å². The summed E-state index contributed by atoms with van der Waals surface area (Å²) < 4.78 is 6.08. The van der Waals surface area contributed by atoms with Crippen LogP contribution in [0.2, 0.25) is 0 Å². The first kappa shape index (κ1) is 21.8. The second kappa shape index (κ2) is 8.41. The second-order valence-electron chi connectivity index (χ2n) is 8.60. The number of aryl methyl sites for hydroxylation is 1. The summed E-state index contributed by atoms with van der Waals surface area (Å²) in [5.74, 6) is 0. The number of pyridine rings is 1. The van der Waals surface area contributed by atoms with E-state index in [-0.39, 0.29) is 13.2 Å². The minimum Gasteiger partial charge on any atom is -0.395 e. The number of rotatable bonds is 4. The Morgan fingerprint density at radius 2 is 1.81 bits per heavy atom. The molecule has 0 bridgehead atoms. The first-order chi connectivity index (χ1) is 15.5. The Balaban J connectivity index is 1.58. The smallest absolute Gasteiger partial charge is 0.168 e. The van der Waals surface area contributed by atoms with Crippen LogP contribution in [0.3, 0.4) is 0 Å². The topological polar surface area (TPSA) is 103 Å². The van der Waals surface area contributed by atoms with Gasteiger partial charge in [0.1, 0.15) is 12.2 Å². The molecular formula is C25H27NO5S. The summed E-state index contributed by atoms with van der Waals surface area (Å²) in [6, 6.07) is 12.6. The van der Waals surface area contributed by atoms with Crippen LogP contribution in [-0.4, -0.2) is 55.6 Å². The number of nitrogens with zero attached hydrogens (tertiary/aromatic N) is 1. The van der Waals surface area contributed by atoms with Crippen molar-refractivity contribution in [1.82, 2.24) is 4.98 Å². The zero-order valence-electron chi connectivity index (χ0n) is 17.8. The predicted octanol–water partition coefficient (Wildman–Crippen LogP) is 2.26. The van der Waals surface area contributed by atoms with E-state index >= 15 is 0 Å². The summed E-state index contributed by atoms with van der Waals surface area (Å²) in [5, 5.41) is 42.8. The monoisotopic (exact) mass is 453 g/mol. The molecular weight excluding hydrogens is 426 g/mol. The quantitative estimate of drug-likeness (QED) is 0.481. The molecule has 0 amide bonds. The summed E-state index contributed by atoms with van der Waals surface area (Å²) in [6.07, 6.45) is 1.44. The van der Waals surface area contributed by atoms with Gasteiger partial charge in [0.15, 0.2) is 4.93 Å². The maximum absolute atomic E-state index is 10.9. The Kier molecular flexibility index (Phi) is 5.73. The Hall–Kier alpha value is -2.00. The summed E-state index contributed by atoms with van der Waals surface area (Å²) >= 11 is 1.18. The van der Waals surface area contributed by atoms with Crippen LogP contribution in [0.5, 0.6) is 0 Å². The van der Waals surface area contributed by atoms with Crippen LogP contribution in [0.25, 0.3) is 10.8 Å². The summed E-state index contributed by atoms with van der Waals surface area (Å²) in [5.41, 5.74) is 5.24. The number of aromatic nitrogens is 1. The average molecular weight is 454 g/mol. The third-order valence-corrected chi connectivity index (χ3v) is 8.32. The highest BCUT2D eigenvalue weighted by Crippen LogP contribution is 2.54. The lowest BCUT2D eigenvalue weighted by Gasteiger charge is -2.45. The molecule has 1 fully saturated rings. The number of aliphatic hydroxyl groups is 4. The summed E-state index contributed by atoms with van der Waals surface area (Å²) in [7, 11) is 0. The molecule has 2 aliphatic heterocycles. The van der Waals surface area contributed by atoms with E-state index in [1.165, 1.54) is 22.9 Å². The van der Waals surface area contributed by atoms with E-state index in [4.69, 9.17) is 4.74 Å². The standard InChI is InChI=1S/C25H27NO5S/c1-2-14-3-5-15(6-4-14)7-16-10-26-11-17-8-18-13-31-25(20(18)9-19(16)17)24(30)23(29)22(28)21(12-27)32-25/h3-6,8-11,21-24,27-30H,2,7,12-13H2,1H3/t21-,22-,23+,24-,25+/m1/s1. The van der Waals surface area contributed by atoms with Gasteiger partial charge in [-0.2, -0.15) is 0 Å². The van der Waals surface area contributed by atoms with Gasteiger partial charge in [-0.1, -0.05) is 31.2 Å². The van der Waals surface area contributed by atoms with E-state index in [1.54, 1.807) is 0 Å². The zero-order valence-corrected chi connectivity index (χ0v) is 18.6. The van der Waals surface area contributed by atoms with Crippen molar-refractivity contribution in [2.45, 2.75) is 54.9 Å². The zero-order chi connectivity index (χ0) is 22.5. The van der Waals surface area contributed by atoms with E-state index in [1.807, 2.05) is 24.5 Å². The van der Waals surface area contributed by atoms with Crippen LogP contribution < -0.4 is 0 Å². The molecule has 0 saturated carbocycles. The molecule has 32 heavy (non-hydrogen) atoms. The highest BCUT2D eigenvalue weighted by Gasteiger charge is 2.57. The molecule has 1 spiro atoms. The molecule has 1 saturated heterocycles. The third kappa shape index (κ3) is 3.44. The van der Waals surface area contributed by atoms with E-state index in [0.717, 1.165) is 40.3 Å². The molecule has 0 unspecified atom stereocenters. The lowest BCUT2D eigenvalue weighted by molar-refractivity contribution is -0.147. The number of benzene rings is 2. The van der Waals surface area contributed by atoms with E-state index in [0.29, 0.717) is 0 Å². The Labute approximate surface area is 190 Å². The van der Waals surface area contributed by atoms with Crippen molar-refractivity contribution >= 4 is 22.5 Å². The molecule has 0 aliphatic carbocycles. The lowest BCUT2D eigenvalue weighted by Crippen LogP contribution is -2.58. The Morgan fingerprint density at radius 1 is 1.06 bits per heavy atom. The third-order valence-electron chi connectivity index (χ3n) is 6.66. The molecule has 3 aromatic rings. The van der Waals surface area contributed by atoms with Gasteiger partial charge in [0.25, 0.3) is 0 Å². The van der Waals surface area contributed by atoms with Gasteiger partial charge in [0.2, 0.25) is 0 Å². The number of fused-ring (bicyclic) bond motifs is 3. The van der Waals surface area contributed by atoms with Crippen molar-refractivity contribution in [3.63, 3.8) is 0 Å². The van der Waals surface area contributed by atoms with Crippen LogP contribution in [0.1, 0.15) is 34.7 Å². The lowest BCUT2D eigenvalue weighted by atomic mass is 9.90. The van der Waals surface area contributed by atoms with Crippen molar-refractivity contribution < 1.29 is 25.2 Å². The van der Waals surface area contributed by atoms with Gasteiger partial charge < -0.3 is 25.2 Å². The SMILES string of the molecule is CCc1ccc(Cc2cncc3cc4c(cc23)[C@]2(OC4)S[C@H](CO)[C@@H](O)[C@H](O)[C@H]2O)cc1. The van der Waals surface area contributed by atoms with Gasteiger partial charge >= 0.3 is 0 Å². The number of hydrogen-bond donors (Lipinski definition) is 4. The molecule has 0 radical (unpaired) electrons. The molecule has 2 aromatic carbocycles. The molecule has 1 aromatic heterocycles. The molecule has 7 heteroatoms. The molecule has 4 N–H and O–H groups in total. The minimum atomic E-state index is -1.41. The molecule has 168 valence electrons. The van der Waals surface area contributed by atoms with Gasteiger partial charge in [-0.15, -0.1) is 11.8 Å². The highest BCUT2D eigenvalue weighted by atomic mass is 32.2. The van der Waals surface area contributed by atoms with E-state index in [2.05, 4.69) is 36.2 Å². The maximum atomic E-state index is 10.9. The Bertz CT molecular complexity index is 1140. The predicted molar refractivity (Wildman–Crippen MR) is 123 cm³/mol. The van der Waals surface area contributed by atoms with Crippen molar-refractivity contribution in [2.75, 3.05) is 6.61 Å². The van der Waals surface area contributed by atoms with Crippen LogP contribution in [0.15, 0.2) is 48.8 Å². The fourth-order valence-electron chi connectivity index (χ4n) is 4.77. The van der Waals surface area contributed by atoms with Gasteiger partial charge in [-0.05, 0) is 52.6 Å². The van der Waals surface area contributed by atoms with Crippen molar-refractivity contribution in [1.29, 1.82) is 0 Å². The van der Waals surface area contributed by atoms with Crippen molar-refractivity contribution in [2.24, 2.45) is 0 Å². The molecule has 6 nitrogen and oxygen atoms in total. The van der Waals surface area contributed by atoms with Crippen LogP contribution in [0, 0.1) is 0 Å². The van der Waals surface area contributed by atoms with Gasteiger partial charge in [-0.25, -0.2) is 0 Å². The van der Waals surface area contributed by atoms with Crippen molar-refractivity contribution in [3.8, 4) is 0 Å². The summed E-state index contributed by atoms with van der Waals surface area (Å²) in [4.78, 5) is 3.20. The van der Waals surface area contributed by atoms with Crippen molar-refractivity contribution in [3.05, 3.63) is 76.6 Å². The maximum Gasteiger partial charge on any atom is 0.168 e. The largest absolute Gasteiger partial charge is 0.395 e. The number of ether oxygens (including phenoxy) is 1. The fourth-order valence-corrected chi connectivity index (χ4v) is 6.32. The summed E-state index contributed by atoms with van der Waals surface area (Å²) in [6.45, 7) is 2.09. The second-order valence-corrected chi connectivity index (χ2v) is 10.0. The van der Waals surface area contributed by atoms with Crippen LogP contribution in [-0.2, 0) is 29.1 Å². The van der Waals surface area contributed by atoms with Gasteiger partial charge in [0.05, 0.1) is 24.6 Å². The number of thioether (sulfide) groups is 1. The van der Waals surface area contributed by atoms with Gasteiger partial charge in [0, 0.05) is 23.3 Å². The fraction of sp³-hybridized carbons (Fsp3) is 0.400. The first-order valence-electron chi connectivity index (χ1n) is 10.9. The molecule has 5 rings (SSSR count). The van der Waals surface area contributed by atoms with E-state index in [9.17, 15) is 20.4 Å². The average Bonchev–Trinajstić information content (AvgIpc) is 3.17. The first-order valence-corrected chi connectivity index (χ1v) is 11.8. The van der Waals surface area contributed by atoms with Gasteiger partial charge in [-0.3, -0.25) is 4.98 Å². The number of hydrogen-bond acceptors (Lipinski definition) is 7. The highest BCUT2D eigenvalue weighted by molar-refractivity contribution is 8.00. The minimum absolute atomic E-state index is 0.277. The van der Waals surface area contributed by atoms with E-state index < -0.39 is 28.5 Å². The Morgan fingerprint density at radius 3 is 2.53 bits per heavy atom. The number of aliphatic hydroxyl groups excluding tert-OH is 4. The normalized spacial score (nSPS) is 29.5. The van der Waals surface area contributed by atoms with Crippen LogP contribution >= 0.6 is 11.8 Å². The molecule has 2 aliphatic rings. The molecule has 5 atom stereocenters. The molecule has 3 heterocycles.